The molecule has 0 aliphatic heterocycles. The maximum atomic E-state index is 13.3. The molecule has 0 aliphatic carbocycles. The van der Waals surface area contributed by atoms with E-state index in [4.69, 9.17) is 0 Å². The van der Waals surface area contributed by atoms with E-state index in [1.807, 2.05) is 0 Å². The topological polar surface area (TPSA) is 66.4 Å². The molecular weight excluding hydrogens is 329 g/mol. The molecule has 0 spiro atoms. The molecule has 0 amide bonds. The minimum atomic E-state index is -3.45. The summed E-state index contributed by atoms with van der Waals surface area (Å²) >= 11 is 0. The zero-order chi connectivity index (χ0) is 18.0. The summed E-state index contributed by atoms with van der Waals surface area (Å²) < 4.78 is 39.4. The second-order valence-corrected chi connectivity index (χ2v) is 8.60. The maximum absolute atomic E-state index is 13.3. The summed E-state index contributed by atoms with van der Waals surface area (Å²) in [6.07, 6.45) is 0. The lowest BCUT2D eigenvalue weighted by molar-refractivity contribution is 0.0627. The first kappa shape index (κ1) is 18.6. The normalized spacial score (nSPS) is 14.6. The lowest BCUT2D eigenvalue weighted by Crippen LogP contribution is -2.41. The number of hydrogen-bond acceptors (Lipinski definition) is 3. The van der Waals surface area contributed by atoms with Crippen LogP contribution in [-0.4, -0.2) is 25.3 Å². The highest BCUT2D eigenvalue weighted by molar-refractivity contribution is 7.90. The molecule has 1 atom stereocenters. The van der Waals surface area contributed by atoms with Gasteiger partial charge in [0.15, 0.2) is 0 Å². The van der Waals surface area contributed by atoms with E-state index in [9.17, 15) is 17.9 Å². The van der Waals surface area contributed by atoms with Gasteiger partial charge in [-0.15, -0.1) is 0 Å². The Labute approximate surface area is 142 Å². The Morgan fingerprint density at radius 2 is 1.75 bits per heavy atom. The first-order valence-corrected chi connectivity index (χ1v) is 9.24. The number of nitrogens with one attached hydrogen (secondary N) is 1. The van der Waals surface area contributed by atoms with Gasteiger partial charge in [0.1, 0.15) is 11.4 Å². The molecule has 130 valence electrons. The third kappa shape index (κ3) is 4.41. The minimum Gasteiger partial charge on any atom is -0.384 e. The molecule has 0 aromatic heterocycles. The van der Waals surface area contributed by atoms with Crippen LogP contribution in [0.4, 0.5) is 4.39 Å². The Balaban J connectivity index is 2.17. The van der Waals surface area contributed by atoms with Gasteiger partial charge >= 0.3 is 0 Å². The van der Waals surface area contributed by atoms with Gasteiger partial charge in [0.2, 0.25) is 10.0 Å². The van der Waals surface area contributed by atoms with E-state index in [-0.39, 0.29) is 12.4 Å². The molecule has 2 aromatic carbocycles. The second kappa shape index (κ2) is 7.01. The third-order valence-electron chi connectivity index (χ3n) is 3.90. The zero-order valence-electron chi connectivity index (χ0n) is 14.0. The summed E-state index contributed by atoms with van der Waals surface area (Å²) in [5.41, 5.74) is 0.787. The molecule has 0 aliphatic rings. The van der Waals surface area contributed by atoms with E-state index in [1.54, 1.807) is 57.2 Å². The SMILES string of the molecule is CC(C)S(=O)(=O)NCC(C)(O)c1ccc(-c2cccc(F)c2)cc1. The summed E-state index contributed by atoms with van der Waals surface area (Å²) in [5.74, 6) is -0.313. The molecule has 0 saturated heterocycles. The van der Waals surface area contributed by atoms with Gasteiger partial charge in [-0.3, -0.25) is 0 Å². The number of rotatable bonds is 6. The molecule has 0 heterocycles. The highest BCUT2D eigenvalue weighted by Crippen LogP contribution is 2.25. The highest BCUT2D eigenvalue weighted by Gasteiger charge is 2.26. The molecular formula is C18H22FNO3S. The van der Waals surface area contributed by atoms with Gasteiger partial charge < -0.3 is 5.11 Å². The molecule has 6 heteroatoms. The Kier molecular flexibility index (Phi) is 5.42. The molecule has 0 bridgehead atoms. The van der Waals surface area contributed by atoms with Crippen molar-refractivity contribution in [1.82, 2.24) is 4.72 Å². The van der Waals surface area contributed by atoms with Crippen LogP contribution in [0.2, 0.25) is 0 Å². The predicted octanol–water partition coefficient (Wildman–Crippen LogP) is 3.03. The summed E-state index contributed by atoms with van der Waals surface area (Å²) in [5, 5.41) is 9.98. The van der Waals surface area contributed by atoms with Crippen LogP contribution >= 0.6 is 0 Å². The maximum Gasteiger partial charge on any atom is 0.214 e. The fraction of sp³-hybridized carbons (Fsp3) is 0.333. The Morgan fingerprint density at radius 3 is 2.29 bits per heavy atom. The molecule has 0 saturated carbocycles. The van der Waals surface area contributed by atoms with Crippen LogP contribution in [0, 0.1) is 5.82 Å². The van der Waals surface area contributed by atoms with Crippen molar-refractivity contribution in [2.45, 2.75) is 31.6 Å². The van der Waals surface area contributed by atoms with E-state index in [2.05, 4.69) is 4.72 Å². The standard InChI is InChI=1S/C18H22FNO3S/c1-13(2)24(22,23)20-12-18(3,21)16-9-7-14(8-10-16)15-5-4-6-17(19)11-15/h4-11,13,20-21H,12H2,1-3H3. The van der Waals surface area contributed by atoms with E-state index < -0.39 is 20.9 Å². The number of aliphatic hydroxyl groups is 1. The van der Waals surface area contributed by atoms with Gasteiger partial charge in [0.25, 0.3) is 0 Å². The average Bonchev–Trinajstić information content (AvgIpc) is 2.53. The fourth-order valence-electron chi connectivity index (χ4n) is 2.20. The van der Waals surface area contributed by atoms with Gasteiger partial charge in [-0.1, -0.05) is 36.4 Å². The van der Waals surface area contributed by atoms with Crippen LogP contribution in [0.5, 0.6) is 0 Å². The largest absolute Gasteiger partial charge is 0.384 e. The molecule has 24 heavy (non-hydrogen) atoms. The van der Waals surface area contributed by atoms with E-state index in [1.165, 1.54) is 12.1 Å². The van der Waals surface area contributed by atoms with E-state index >= 15 is 0 Å². The quantitative estimate of drug-likeness (QED) is 0.841. The van der Waals surface area contributed by atoms with Crippen LogP contribution in [0.3, 0.4) is 0 Å². The van der Waals surface area contributed by atoms with Gasteiger partial charge in [-0.25, -0.2) is 17.5 Å². The van der Waals surface area contributed by atoms with Gasteiger partial charge in [-0.05, 0) is 49.6 Å². The molecule has 2 rings (SSSR count). The van der Waals surface area contributed by atoms with Crippen LogP contribution in [-0.2, 0) is 15.6 Å². The Bertz CT molecular complexity index is 799. The summed E-state index contributed by atoms with van der Waals surface area (Å²) in [4.78, 5) is 0. The first-order valence-electron chi connectivity index (χ1n) is 7.69. The lowest BCUT2D eigenvalue weighted by atomic mass is 9.94. The van der Waals surface area contributed by atoms with Crippen molar-refractivity contribution in [3.8, 4) is 11.1 Å². The van der Waals surface area contributed by atoms with Crippen molar-refractivity contribution in [1.29, 1.82) is 0 Å². The third-order valence-corrected chi connectivity index (χ3v) is 5.69. The number of hydrogen-bond donors (Lipinski definition) is 2. The summed E-state index contributed by atoms with van der Waals surface area (Å²) in [7, 11) is -3.45. The predicted molar refractivity (Wildman–Crippen MR) is 93.5 cm³/mol. The Morgan fingerprint density at radius 1 is 1.12 bits per heavy atom. The number of sulfonamides is 1. The average molecular weight is 351 g/mol. The molecule has 2 N–H and O–H groups in total. The molecule has 4 nitrogen and oxygen atoms in total. The van der Waals surface area contributed by atoms with Crippen molar-refractivity contribution >= 4 is 10.0 Å². The van der Waals surface area contributed by atoms with Crippen LogP contribution in [0.25, 0.3) is 11.1 Å². The van der Waals surface area contributed by atoms with Crippen molar-refractivity contribution < 1.29 is 17.9 Å². The lowest BCUT2D eigenvalue weighted by Gasteiger charge is -2.25. The van der Waals surface area contributed by atoms with Crippen molar-refractivity contribution in [2.24, 2.45) is 0 Å². The van der Waals surface area contributed by atoms with Crippen LogP contribution in [0.1, 0.15) is 26.3 Å². The number of halogens is 1. The first-order chi connectivity index (χ1) is 11.1. The zero-order valence-corrected chi connectivity index (χ0v) is 14.8. The smallest absolute Gasteiger partial charge is 0.214 e. The molecule has 1 unspecified atom stereocenters. The van der Waals surface area contributed by atoms with Crippen molar-refractivity contribution in [3.05, 3.63) is 59.9 Å². The van der Waals surface area contributed by atoms with Gasteiger partial charge in [0.05, 0.1) is 5.25 Å². The molecule has 0 radical (unpaired) electrons. The van der Waals surface area contributed by atoms with E-state index in [0.717, 1.165) is 11.1 Å². The summed E-state index contributed by atoms with van der Waals surface area (Å²) in [6.45, 7) is 4.58. The van der Waals surface area contributed by atoms with Crippen LogP contribution in [0.15, 0.2) is 48.5 Å². The molecule has 2 aromatic rings. The van der Waals surface area contributed by atoms with Crippen molar-refractivity contribution in [3.63, 3.8) is 0 Å². The fourth-order valence-corrected chi connectivity index (χ4v) is 3.02. The van der Waals surface area contributed by atoms with Crippen molar-refractivity contribution in [2.75, 3.05) is 6.54 Å². The number of benzene rings is 2. The summed E-state index contributed by atoms with van der Waals surface area (Å²) in [6, 6.07) is 13.2. The van der Waals surface area contributed by atoms with Gasteiger partial charge in [0, 0.05) is 6.54 Å². The Hall–Kier alpha value is -1.76. The monoisotopic (exact) mass is 351 g/mol. The molecule has 0 fully saturated rings. The minimum absolute atomic E-state index is 0.118. The van der Waals surface area contributed by atoms with Gasteiger partial charge in [-0.2, -0.15) is 0 Å². The second-order valence-electron chi connectivity index (χ2n) is 6.28. The van der Waals surface area contributed by atoms with E-state index in [0.29, 0.717) is 5.56 Å². The highest BCUT2D eigenvalue weighted by atomic mass is 32.2. The van der Waals surface area contributed by atoms with Crippen LogP contribution < -0.4 is 4.72 Å².